The number of unbranched alkanes of at least 4 members (excludes halogenated alkanes) is 4. The van der Waals surface area contributed by atoms with Crippen molar-refractivity contribution in [1.82, 2.24) is 10.2 Å². The van der Waals surface area contributed by atoms with Gasteiger partial charge in [0.25, 0.3) is 0 Å². The monoisotopic (exact) mass is 272 g/mol. The third-order valence-electron chi connectivity index (χ3n) is 3.56. The fraction of sp³-hybridized carbons (Fsp3) is 0.933. The first-order chi connectivity index (χ1) is 8.99. The molecule has 0 aliphatic heterocycles. The lowest BCUT2D eigenvalue weighted by Gasteiger charge is -2.31. The predicted octanol–water partition coefficient (Wildman–Crippen LogP) is 2.17. The molecule has 0 radical (unpaired) electrons. The van der Waals surface area contributed by atoms with Gasteiger partial charge < -0.3 is 15.3 Å². The maximum Gasteiger partial charge on any atom is 0.242 e. The molecule has 0 aromatic rings. The molecule has 19 heavy (non-hydrogen) atoms. The van der Waals surface area contributed by atoms with E-state index in [1.165, 1.54) is 25.7 Å². The standard InChI is InChI=1S/C15H32N2O2/c1-5-6-7-8-9-11-17(12-10-13-18)14(19)15(2,3)16-4/h16,18H,5-13H2,1-4H3. The first kappa shape index (κ1) is 18.4. The van der Waals surface area contributed by atoms with Crippen LogP contribution >= 0.6 is 0 Å². The normalized spacial score (nSPS) is 11.6. The van der Waals surface area contributed by atoms with E-state index in [-0.39, 0.29) is 12.5 Å². The molecule has 0 atom stereocenters. The van der Waals surface area contributed by atoms with Gasteiger partial charge in [-0.1, -0.05) is 32.6 Å². The van der Waals surface area contributed by atoms with Crippen LogP contribution in [0.4, 0.5) is 0 Å². The molecule has 0 spiro atoms. The van der Waals surface area contributed by atoms with Crippen LogP contribution in [-0.4, -0.2) is 48.2 Å². The lowest BCUT2D eigenvalue weighted by Crippen LogP contribution is -2.53. The molecule has 0 saturated heterocycles. The highest BCUT2D eigenvalue weighted by atomic mass is 16.3. The molecule has 1 amide bonds. The summed E-state index contributed by atoms with van der Waals surface area (Å²) >= 11 is 0. The third kappa shape index (κ3) is 7.53. The minimum absolute atomic E-state index is 0.124. The number of hydrogen-bond donors (Lipinski definition) is 2. The topological polar surface area (TPSA) is 52.6 Å². The van der Waals surface area contributed by atoms with Crippen molar-refractivity contribution in [2.24, 2.45) is 0 Å². The number of nitrogens with zero attached hydrogens (tertiary/aromatic N) is 1. The highest BCUT2D eigenvalue weighted by Crippen LogP contribution is 2.11. The molecule has 4 heteroatoms. The summed E-state index contributed by atoms with van der Waals surface area (Å²) in [5, 5.41) is 12.0. The Morgan fingerprint density at radius 1 is 1.11 bits per heavy atom. The summed E-state index contributed by atoms with van der Waals surface area (Å²) in [6, 6.07) is 0. The minimum atomic E-state index is -0.529. The molecule has 114 valence electrons. The molecular formula is C15H32N2O2. The van der Waals surface area contributed by atoms with Crippen molar-refractivity contribution in [3.63, 3.8) is 0 Å². The number of carbonyl (C=O) groups is 1. The summed E-state index contributed by atoms with van der Waals surface area (Å²) in [7, 11) is 1.81. The fourth-order valence-electron chi connectivity index (χ4n) is 1.98. The molecule has 4 nitrogen and oxygen atoms in total. The van der Waals surface area contributed by atoms with Crippen molar-refractivity contribution in [3.05, 3.63) is 0 Å². The van der Waals surface area contributed by atoms with Gasteiger partial charge in [-0.3, -0.25) is 4.79 Å². The molecule has 0 rings (SSSR count). The number of aliphatic hydroxyl groups is 1. The van der Waals surface area contributed by atoms with Gasteiger partial charge in [0.05, 0.1) is 5.54 Å². The molecule has 0 bridgehead atoms. The van der Waals surface area contributed by atoms with Crippen LogP contribution in [0.2, 0.25) is 0 Å². The van der Waals surface area contributed by atoms with Crippen LogP contribution in [0.1, 0.15) is 59.3 Å². The molecule has 0 aromatic carbocycles. The Labute approximate surface area is 118 Å². The van der Waals surface area contributed by atoms with Crippen molar-refractivity contribution in [3.8, 4) is 0 Å². The number of carbonyl (C=O) groups excluding carboxylic acids is 1. The highest BCUT2D eigenvalue weighted by molar-refractivity contribution is 5.85. The Bertz CT molecular complexity index is 242. The zero-order chi connectivity index (χ0) is 14.7. The largest absolute Gasteiger partial charge is 0.396 e. The number of amides is 1. The second-order valence-electron chi connectivity index (χ2n) is 5.66. The van der Waals surface area contributed by atoms with Gasteiger partial charge in [0.1, 0.15) is 0 Å². The quantitative estimate of drug-likeness (QED) is 0.567. The van der Waals surface area contributed by atoms with Gasteiger partial charge in [-0.05, 0) is 33.7 Å². The van der Waals surface area contributed by atoms with E-state index in [0.717, 1.165) is 13.0 Å². The summed E-state index contributed by atoms with van der Waals surface area (Å²) in [6.07, 6.45) is 6.63. The molecule has 0 heterocycles. The lowest BCUT2D eigenvalue weighted by molar-refractivity contribution is -0.137. The third-order valence-corrected chi connectivity index (χ3v) is 3.56. The van der Waals surface area contributed by atoms with Gasteiger partial charge in [0.15, 0.2) is 0 Å². The number of likely N-dealkylation sites (N-methyl/N-ethyl adjacent to an activating group) is 1. The van der Waals surface area contributed by atoms with Crippen LogP contribution in [0.3, 0.4) is 0 Å². The van der Waals surface area contributed by atoms with Crippen LogP contribution in [0.5, 0.6) is 0 Å². The summed E-state index contributed by atoms with van der Waals surface area (Å²) in [5.74, 6) is 0.124. The zero-order valence-corrected chi connectivity index (χ0v) is 13.2. The van der Waals surface area contributed by atoms with E-state index in [4.69, 9.17) is 5.11 Å². The van der Waals surface area contributed by atoms with Gasteiger partial charge in [-0.15, -0.1) is 0 Å². The van der Waals surface area contributed by atoms with Crippen molar-refractivity contribution in [1.29, 1.82) is 0 Å². The van der Waals surface area contributed by atoms with Gasteiger partial charge in [0.2, 0.25) is 5.91 Å². The zero-order valence-electron chi connectivity index (χ0n) is 13.2. The summed E-state index contributed by atoms with van der Waals surface area (Å²) < 4.78 is 0. The van der Waals surface area contributed by atoms with E-state index in [0.29, 0.717) is 13.0 Å². The van der Waals surface area contributed by atoms with Crippen LogP contribution in [0.15, 0.2) is 0 Å². The van der Waals surface area contributed by atoms with E-state index in [1.807, 2.05) is 25.8 Å². The van der Waals surface area contributed by atoms with E-state index in [9.17, 15) is 4.79 Å². The van der Waals surface area contributed by atoms with Crippen LogP contribution in [0.25, 0.3) is 0 Å². The van der Waals surface area contributed by atoms with Crippen molar-refractivity contribution in [2.75, 3.05) is 26.7 Å². The van der Waals surface area contributed by atoms with Crippen molar-refractivity contribution >= 4 is 5.91 Å². The van der Waals surface area contributed by atoms with Crippen LogP contribution in [0, 0.1) is 0 Å². The van der Waals surface area contributed by atoms with Crippen LogP contribution < -0.4 is 5.32 Å². The fourth-order valence-corrected chi connectivity index (χ4v) is 1.98. The second-order valence-corrected chi connectivity index (χ2v) is 5.66. The molecule has 0 aromatic heterocycles. The highest BCUT2D eigenvalue weighted by Gasteiger charge is 2.29. The molecular weight excluding hydrogens is 240 g/mol. The van der Waals surface area contributed by atoms with E-state index in [2.05, 4.69) is 12.2 Å². The van der Waals surface area contributed by atoms with Crippen LogP contribution in [-0.2, 0) is 4.79 Å². The summed E-state index contributed by atoms with van der Waals surface area (Å²) in [6.45, 7) is 7.59. The smallest absolute Gasteiger partial charge is 0.242 e. The Kier molecular flexibility index (Phi) is 9.88. The van der Waals surface area contributed by atoms with E-state index < -0.39 is 5.54 Å². The van der Waals surface area contributed by atoms with Gasteiger partial charge in [-0.25, -0.2) is 0 Å². The summed E-state index contributed by atoms with van der Waals surface area (Å²) in [5.41, 5.74) is -0.529. The van der Waals surface area contributed by atoms with Gasteiger partial charge in [-0.2, -0.15) is 0 Å². The predicted molar refractivity (Wildman–Crippen MR) is 80.2 cm³/mol. The Balaban J connectivity index is 4.25. The van der Waals surface area contributed by atoms with Crippen molar-refractivity contribution in [2.45, 2.75) is 64.8 Å². The molecule has 0 saturated carbocycles. The summed E-state index contributed by atoms with van der Waals surface area (Å²) in [4.78, 5) is 14.3. The first-order valence-electron chi connectivity index (χ1n) is 7.58. The average molecular weight is 272 g/mol. The Morgan fingerprint density at radius 3 is 2.21 bits per heavy atom. The maximum atomic E-state index is 12.4. The van der Waals surface area contributed by atoms with Gasteiger partial charge >= 0.3 is 0 Å². The average Bonchev–Trinajstić information content (AvgIpc) is 2.41. The Hall–Kier alpha value is -0.610. The SMILES string of the molecule is CCCCCCCN(CCCO)C(=O)C(C)(C)NC. The maximum absolute atomic E-state index is 12.4. The number of nitrogens with one attached hydrogen (secondary N) is 1. The Morgan fingerprint density at radius 2 is 1.68 bits per heavy atom. The number of hydrogen-bond acceptors (Lipinski definition) is 3. The van der Waals surface area contributed by atoms with Crippen molar-refractivity contribution < 1.29 is 9.90 Å². The second kappa shape index (κ2) is 10.2. The molecule has 0 fully saturated rings. The van der Waals surface area contributed by atoms with Gasteiger partial charge in [0, 0.05) is 19.7 Å². The first-order valence-corrected chi connectivity index (χ1v) is 7.58. The molecule has 0 aliphatic carbocycles. The minimum Gasteiger partial charge on any atom is -0.396 e. The lowest BCUT2D eigenvalue weighted by atomic mass is 10.0. The number of rotatable bonds is 11. The molecule has 2 N–H and O–H groups in total. The number of aliphatic hydroxyl groups excluding tert-OH is 1. The molecule has 0 unspecified atom stereocenters. The molecule has 0 aliphatic rings. The van der Waals surface area contributed by atoms with E-state index in [1.54, 1.807) is 0 Å². The van der Waals surface area contributed by atoms with E-state index >= 15 is 0 Å².